The predicted octanol–water partition coefficient (Wildman–Crippen LogP) is 2.40. The molecule has 3 aromatic rings. The van der Waals surface area contributed by atoms with Gasteiger partial charge in [-0.1, -0.05) is 16.7 Å². The third-order valence-electron chi connectivity index (χ3n) is 4.49. The number of H-pyrrole nitrogens is 1. The molecule has 8 heteroatoms. The molecule has 1 amide bonds. The highest BCUT2D eigenvalue weighted by atomic mass is 35.5. The first kappa shape index (κ1) is 16.0. The van der Waals surface area contributed by atoms with E-state index in [1.54, 1.807) is 6.92 Å². The van der Waals surface area contributed by atoms with Crippen molar-refractivity contribution in [1.82, 2.24) is 20.1 Å². The summed E-state index contributed by atoms with van der Waals surface area (Å²) in [5, 5.41) is 9.55. The standard InChI is InChI=1S/C17H18ClN5O2/c1-11-20-21-17(25-11)23-6-4-22(5-7-23)16(24)8-12-10-19-15-3-2-13(18)9-14(12)15/h2-3,9-10,19H,4-8H2,1H3. The summed E-state index contributed by atoms with van der Waals surface area (Å²) in [6.45, 7) is 4.43. The smallest absolute Gasteiger partial charge is 0.318 e. The van der Waals surface area contributed by atoms with Gasteiger partial charge in [-0.25, -0.2) is 0 Å². The maximum absolute atomic E-state index is 12.7. The Kier molecular flexibility index (Phi) is 4.09. The van der Waals surface area contributed by atoms with E-state index >= 15 is 0 Å². The topological polar surface area (TPSA) is 78.3 Å². The third kappa shape index (κ3) is 3.19. The Bertz CT molecular complexity index is 911. The van der Waals surface area contributed by atoms with Crippen molar-refractivity contribution in [3.63, 3.8) is 0 Å². The van der Waals surface area contributed by atoms with E-state index in [-0.39, 0.29) is 5.91 Å². The van der Waals surface area contributed by atoms with E-state index < -0.39 is 0 Å². The number of carbonyl (C=O) groups is 1. The number of aryl methyl sites for hydroxylation is 1. The lowest BCUT2D eigenvalue weighted by molar-refractivity contribution is -0.130. The Morgan fingerprint density at radius 1 is 1.28 bits per heavy atom. The molecular formula is C17H18ClN5O2. The summed E-state index contributed by atoms with van der Waals surface area (Å²) in [5.41, 5.74) is 1.96. The summed E-state index contributed by atoms with van der Waals surface area (Å²) >= 11 is 6.07. The third-order valence-corrected chi connectivity index (χ3v) is 4.72. The molecule has 1 aliphatic rings. The van der Waals surface area contributed by atoms with Crippen molar-refractivity contribution in [3.8, 4) is 0 Å². The number of piperazine rings is 1. The average molecular weight is 360 g/mol. The number of nitrogens with zero attached hydrogens (tertiary/aromatic N) is 4. The van der Waals surface area contributed by atoms with Gasteiger partial charge >= 0.3 is 6.01 Å². The molecule has 0 radical (unpaired) electrons. The normalized spacial score (nSPS) is 15.1. The number of anilines is 1. The van der Waals surface area contributed by atoms with Crippen LogP contribution in [0.3, 0.4) is 0 Å². The zero-order valence-corrected chi connectivity index (χ0v) is 14.6. The highest BCUT2D eigenvalue weighted by molar-refractivity contribution is 6.31. The van der Waals surface area contributed by atoms with Gasteiger partial charge in [0, 0.05) is 55.2 Å². The van der Waals surface area contributed by atoms with Crippen molar-refractivity contribution < 1.29 is 9.21 Å². The van der Waals surface area contributed by atoms with Crippen LogP contribution in [-0.2, 0) is 11.2 Å². The number of amides is 1. The van der Waals surface area contributed by atoms with Crippen LogP contribution in [0.25, 0.3) is 10.9 Å². The zero-order chi connectivity index (χ0) is 17.4. The molecule has 1 aromatic carbocycles. The molecule has 1 fully saturated rings. The number of rotatable bonds is 3. The SMILES string of the molecule is Cc1nnc(N2CCN(C(=O)Cc3c[nH]c4ccc(Cl)cc34)CC2)o1. The second kappa shape index (κ2) is 6.40. The van der Waals surface area contributed by atoms with E-state index in [2.05, 4.69) is 15.2 Å². The van der Waals surface area contributed by atoms with Gasteiger partial charge in [0.15, 0.2) is 0 Å². The van der Waals surface area contributed by atoms with Crippen LogP contribution in [0.5, 0.6) is 0 Å². The van der Waals surface area contributed by atoms with Crippen molar-refractivity contribution in [2.75, 3.05) is 31.1 Å². The van der Waals surface area contributed by atoms with E-state index in [9.17, 15) is 4.79 Å². The Morgan fingerprint density at radius 3 is 2.80 bits per heavy atom. The second-order valence-electron chi connectivity index (χ2n) is 6.15. The number of hydrogen-bond donors (Lipinski definition) is 1. The summed E-state index contributed by atoms with van der Waals surface area (Å²) in [6, 6.07) is 6.18. The van der Waals surface area contributed by atoms with E-state index in [0.29, 0.717) is 49.5 Å². The van der Waals surface area contributed by atoms with Crippen LogP contribution in [0.2, 0.25) is 5.02 Å². The summed E-state index contributed by atoms with van der Waals surface area (Å²) in [7, 11) is 0. The fourth-order valence-corrected chi connectivity index (χ4v) is 3.30. The average Bonchev–Trinajstić information content (AvgIpc) is 3.22. The molecule has 1 aliphatic heterocycles. The summed E-state index contributed by atoms with van der Waals surface area (Å²) in [6.07, 6.45) is 2.25. The van der Waals surface area contributed by atoms with Gasteiger partial charge in [-0.2, -0.15) is 0 Å². The van der Waals surface area contributed by atoms with Crippen molar-refractivity contribution >= 4 is 34.4 Å². The molecule has 130 valence electrons. The molecule has 0 aliphatic carbocycles. The lowest BCUT2D eigenvalue weighted by atomic mass is 10.1. The van der Waals surface area contributed by atoms with Gasteiger partial charge in [0.05, 0.1) is 6.42 Å². The fourth-order valence-electron chi connectivity index (χ4n) is 3.13. The predicted molar refractivity (Wildman–Crippen MR) is 94.8 cm³/mol. The van der Waals surface area contributed by atoms with E-state index in [1.165, 1.54) is 0 Å². The fraction of sp³-hybridized carbons (Fsp3) is 0.353. The molecule has 0 atom stereocenters. The van der Waals surface area contributed by atoms with Crippen molar-refractivity contribution in [2.24, 2.45) is 0 Å². The largest absolute Gasteiger partial charge is 0.408 e. The van der Waals surface area contributed by atoms with Crippen molar-refractivity contribution in [1.29, 1.82) is 0 Å². The number of hydrogen-bond acceptors (Lipinski definition) is 5. The first-order valence-electron chi connectivity index (χ1n) is 8.18. The van der Waals surface area contributed by atoms with Crippen LogP contribution in [0, 0.1) is 6.92 Å². The molecule has 0 spiro atoms. The lowest BCUT2D eigenvalue weighted by Gasteiger charge is -2.33. The van der Waals surface area contributed by atoms with Gasteiger partial charge in [0.2, 0.25) is 11.8 Å². The highest BCUT2D eigenvalue weighted by Gasteiger charge is 2.24. The molecule has 25 heavy (non-hydrogen) atoms. The minimum absolute atomic E-state index is 0.113. The number of fused-ring (bicyclic) bond motifs is 1. The molecule has 2 aromatic heterocycles. The molecule has 1 saturated heterocycles. The van der Waals surface area contributed by atoms with Crippen molar-refractivity contribution in [2.45, 2.75) is 13.3 Å². The van der Waals surface area contributed by atoms with Gasteiger partial charge in [-0.3, -0.25) is 4.79 Å². The summed E-state index contributed by atoms with van der Waals surface area (Å²) in [4.78, 5) is 19.7. The van der Waals surface area contributed by atoms with Crippen LogP contribution >= 0.6 is 11.6 Å². The number of carbonyl (C=O) groups excluding carboxylic acids is 1. The number of aromatic amines is 1. The quantitative estimate of drug-likeness (QED) is 0.777. The van der Waals surface area contributed by atoms with Crippen LogP contribution in [0.15, 0.2) is 28.8 Å². The van der Waals surface area contributed by atoms with Crippen LogP contribution in [-0.4, -0.2) is 52.2 Å². The maximum atomic E-state index is 12.7. The second-order valence-corrected chi connectivity index (χ2v) is 6.59. The highest BCUT2D eigenvalue weighted by Crippen LogP contribution is 2.23. The molecule has 0 bridgehead atoms. The molecule has 7 nitrogen and oxygen atoms in total. The number of halogens is 1. The van der Waals surface area contributed by atoms with Gasteiger partial charge in [-0.15, -0.1) is 5.10 Å². The van der Waals surface area contributed by atoms with Crippen molar-refractivity contribution in [3.05, 3.63) is 40.9 Å². The Balaban J connectivity index is 1.41. The maximum Gasteiger partial charge on any atom is 0.318 e. The Hall–Kier alpha value is -2.54. The molecule has 4 rings (SSSR count). The first-order chi connectivity index (χ1) is 12.1. The minimum Gasteiger partial charge on any atom is -0.408 e. The number of benzene rings is 1. The van der Waals surface area contributed by atoms with E-state index in [0.717, 1.165) is 16.5 Å². The molecule has 1 N–H and O–H groups in total. The van der Waals surface area contributed by atoms with Gasteiger partial charge in [0.1, 0.15) is 0 Å². The number of aromatic nitrogens is 3. The lowest BCUT2D eigenvalue weighted by Crippen LogP contribution is -2.49. The molecular weight excluding hydrogens is 342 g/mol. The zero-order valence-electron chi connectivity index (χ0n) is 13.8. The molecule has 0 unspecified atom stereocenters. The monoisotopic (exact) mass is 359 g/mol. The molecule has 3 heterocycles. The van der Waals surface area contributed by atoms with Crippen LogP contribution in [0.1, 0.15) is 11.5 Å². The Morgan fingerprint density at radius 2 is 2.08 bits per heavy atom. The van der Waals surface area contributed by atoms with E-state index in [4.69, 9.17) is 16.0 Å². The summed E-state index contributed by atoms with van der Waals surface area (Å²) in [5.74, 6) is 0.661. The molecule has 0 saturated carbocycles. The van der Waals surface area contributed by atoms with Crippen LogP contribution < -0.4 is 4.90 Å². The van der Waals surface area contributed by atoms with Gasteiger partial charge < -0.3 is 19.2 Å². The van der Waals surface area contributed by atoms with E-state index in [1.807, 2.05) is 34.2 Å². The minimum atomic E-state index is 0.113. The summed E-state index contributed by atoms with van der Waals surface area (Å²) < 4.78 is 5.45. The van der Waals surface area contributed by atoms with Gasteiger partial charge in [-0.05, 0) is 23.8 Å². The van der Waals surface area contributed by atoms with Gasteiger partial charge in [0.25, 0.3) is 0 Å². The van der Waals surface area contributed by atoms with Crippen LogP contribution in [0.4, 0.5) is 6.01 Å². The number of nitrogens with one attached hydrogen (secondary N) is 1. The Labute approximate surface area is 149 Å². The first-order valence-corrected chi connectivity index (χ1v) is 8.56.